The van der Waals surface area contributed by atoms with Gasteiger partial charge in [-0.2, -0.15) is 4.98 Å². The van der Waals surface area contributed by atoms with Gasteiger partial charge in [0, 0.05) is 13.1 Å². The van der Waals surface area contributed by atoms with Crippen molar-refractivity contribution < 1.29 is 9.53 Å². The molecule has 2 aromatic rings. The number of aromatic nitrogens is 3. The molecular weight excluding hydrogens is 284 g/mol. The molecule has 0 saturated carbocycles. The zero-order chi connectivity index (χ0) is 16.1. The second-order valence-electron chi connectivity index (χ2n) is 5.19. The summed E-state index contributed by atoms with van der Waals surface area (Å²) in [6, 6.07) is 2.01. The van der Waals surface area contributed by atoms with Gasteiger partial charge in [0.2, 0.25) is 0 Å². The predicted octanol–water partition coefficient (Wildman–Crippen LogP) is 1.58. The first-order chi connectivity index (χ1) is 10.5. The zero-order valence-electron chi connectivity index (χ0n) is 13.4. The molecule has 2 rings (SSSR count). The summed E-state index contributed by atoms with van der Waals surface area (Å²) in [6.45, 7) is 5.77. The normalized spacial score (nSPS) is 11.0. The molecule has 2 aromatic heterocycles. The van der Waals surface area contributed by atoms with Crippen LogP contribution in [-0.4, -0.2) is 59.4 Å². The van der Waals surface area contributed by atoms with Gasteiger partial charge in [0.15, 0.2) is 5.65 Å². The highest BCUT2D eigenvalue weighted by molar-refractivity contribution is 5.82. The van der Waals surface area contributed by atoms with Gasteiger partial charge >= 0.3 is 6.09 Å². The molecule has 0 atom stereocenters. The number of carbonyl (C=O) groups is 1. The molecule has 0 fully saturated rings. The van der Waals surface area contributed by atoms with Crippen LogP contribution in [0.2, 0.25) is 0 Å². The van der Waals surface area contributed by atoms with E-state index < -0.39 is 6.09 Å². The average Bonchev–Trinajstić information content (AvgIpc) is 2.81. The fourth-order valence-electron chi connectivity index (χ4n) is 1.98. The van der Waals surface area contributed by atoms with Crippen LogP contribution in [0.25, 0.3) is 5.65 Å². The Balaban J connectivity index is 2.14. The van der Waals surface area contributed by atoms with Crippen LogP contribution in [0.1, 0.15) is 12.5 Å². The first kappa shape index (κ1) is 16.0. The molecule has 0 aliphatic rings. The Morgan fingerprint density at radius 2 is 2.23 bits per heavy atom. The molecule has 8 nitrogen and oxygen atoms in total. The summed E-state index contributed by atoms with van der Waals surface area (Å²) >= 11 is 0. The van der Waals surface area contributed by atoms with E-state index in [-0.39, 0.29) is 5.95 Å². The number of ether oxygens (including phenoxy) is 1. The van der Waals surface area contributed by atoms with Gasteiger partial charge in [-0.3, -0.25) is 5.32 Å². The summed E-state index contributed by atoms with van der Waals surface area (Å²) in [4.78, 5) is 17.8. The number of fused-ring (bicyclic) bond motifs is 1. The third kappa shape index (κ3) is 4.08. The molecule has 0 aliphatic heterocycles. The van der Waals surface area contributed by atoms with Crippen molar-refractivity contribution in [2.75, 3.05) is 44.4 Å². The molecule has 8 heteroatoms. The summed E-state index contributed by atoms with van der Waals surface area (Å²) in [5.41, 5.74) is 2.63. The van der Waals surface area contributed by atoms with Crippen LogP contribution in [0.5, 0.6) is 0 Å². The Hall–Kier alpha value is -2.35. The molecule has 0 aliphatic carbocycles. The van der Waals surface area contributed by atoms with Crippen molar-refractivity contribution in [2.24, 2.45) is 0 Å². The van der Waals surface area contributed by atoms with E-state index in [2.05, 4.69) is 25.6 Å². The largest absolute Gasteiger partial charge is 0.450 e. The number of hydrogen-bond donors (Lipinski definition) is 2. The molecule has 22 heavy (non-hydrogen) atoms. The van der Waals surface area contributed by atoms with Crippen molar-refractivity contribution in [3.8, 4) is 0 Å². The van der Waals surface area contributed by atoms with Crippen molar-refractivity contribution >= 4 is 23.4 Å². The molecule has 2 N–H and O–H groups in total. The lowest BCUT2D eigenvalue weighted by Crippen LogP contribution is -2.20. The minimum Gasteiger partial charge on any atom is -0.450 e. The fraction of sp³-hybridized carbons (Fsp3) is 0.500. The van der Waals surface area contributed by atoms with E-state index in [0.717, 1.165) is 24.3 Å². The number of carbonyl (C=O) groups excluding carboxylic acids is 1. The number of aryl methyl sites for hydroxylation is 1. The Morgan fingerprint density at radius 3 is 2.91 bits per heavy atom. The first-order valence-corrected chi connectivity index (χ1v) is 7.19. The minimum atomic E-state index is -0.555. The summed E-state index contributed by atoms with van der Waals surface area (Å²) in [6.07, 6.45) is 1.29. The van der Waals surface area contributed by atoms with Crippen LogP contribution >= 0.6 is 0 Å². The number of rotatable bonds is 6. The van der Waals surface area contributed by atoms with E-state index in [1.165, 1.54) is 0 Å². The molecule has 2 heterocycles. The molecule has 0 radical (unpaired) electrons. The molecule has 1 amide bonds. The Morgan fingerprint density at radius 1 is 1.45 bits per heavy atom. The number of amides is 1. The maximum absolute atomic E-state index is 11.4. The smallest absolute Gasteiger partial charge is 0.414 e. The monoisotopic (exact) mass is 306 g/mol. The highest BCUT2D eigenvalue weighted by Gasteiger charge is 2.10. The van der Waals surface area contributed by atoms with Crippen molar-refractivity contribution in [1.29, 1.82) is 0 Å². The minimum absolute atomic E-state index is 0.229. The van der Waals surface area contributed by atoms with E-state index in [9.17, 15) is 4.79 Å². The summed E-state index contributed by atoms with van der Waals surface area (Å²) in [5.74, 6) is 0.229. The van der Waals surface area contributed by atoms with Crippen molar-refractivity contribution in [3.63, 3.8) is 0 Å². The van der Waals surface area contributed by atoms with Gasteiger partial charge in [0.1, 0.15) is 0 Å². The van der Waals surface area contributed by atoms with E-state index in [1.54, 1.807) is 11.4 Å². The molecule has 0 saturated heterocycles. The lowest BCUT2D eigenvalue weighted by molar-refractivity contribution is 0.167. The summed E-state index contributed by atoms with van der Waals surface area (Å²) in [7, 11) is 4.06. The van der Waals surface area contributed by atoms with Gasteiger partial charge in [0.05, 0.1) is 18.5 Å². The SMILES string of the molecule is CCOC(=O)Nc1nc2c(C)cc(NCCN(C)C)cn2n1. The van der Waals surface area contributed by atoms with Gasteiger partial charge in [0.25, 0.3) is 5.95 Å². The first-order valence-electron chi connectivity index (χ1n) is 7.19. The van der Waals surface area contributed by atoms with Crippen molar-refractivity contribution in [3.05, 3.63) is 17.8 Å². The van der Waals surface area contributed by atoms with Crippen LogP contribution in [0.3, 0.4) is 0 Å². The second kappa shape index (κ2) is 7.08. The molecule has 0 aromatic carbocycles. The highest BCUT2D eigenvalue weighted by atomic mass is 16.5. The average molecular weight is 306 g/mol. The number of likely N-dealkylation sites (N-methyl/N-ethyl adjacent to an activating group) is 1. The second-order valence-corrected chi connectivity index (χ2v) is 5.19. The van der Waals surface area contributed by atoms with Crippen LogP contribution in [-0.2, 0) is 4.74 Å². The van der Waals surface area contributed by atoms with Gasteiger partial charge in [-0.05, 0) is 39.6 Å². The van der Waals surface area contributed by atoms with Crippen molar-refractivity contribution in [2.45, 2.75) is 13.8 Å². The van der Waals surface area contributed by atoms with E-state index in [0.29, 0.717) is 12.3 Å². The van der Waals surface area contributed by atoms with Crippen LogP contribution < -0.4 is 10.6 Å². The number of hydrogen-bond acceptors (Lipinski definition) is 6. The number of nitrogens with zero attached hydrogens (tertiary/aromatic N) is 4. The third-order valence-corrected chi connectivity index (χ3v) is 2.99. The zero-order valence-corrected chi connectivity index (χ0v) is 13.4. The molecule has 0 unspecified atom stereocenters. The van der Waals surface area contributed by atoms with Crippen LogP contribution in [0, 0.1) is 6.92 Å². The molecule has 0 bridgehead atoms. The Bertz CT molecular complexity index is 652. The maximum Gasteiger partial charge on any atom is 0.414 e. The van der Waals surface area contributed by atoms with E-state index >= 15 is 0 Å². The van der Waals surface area contributed by atoms with Crippen LogP contribution in [0.4, 0.5) is 16.4 Å². The van der Waals surface area contributed by atoms with E-state index in [1.807, 2.05) is 33.3 Å². The maximum atomic E-state index is 11.4. The molecule has 120 valence electrons. The lowest BCUT2D eigenvalue weighted by Gasteiger charge is -2.11. The fourth-order valence-corrected chi connectivity index (χ4v) is 1.98. The van der Waals surface area contributed by atoms with Gasteiger partial charge < -0.3 is 15.0 Å². The number of nitrogens with one attached hydrogen (secondary N) is 2. The number of anilines is 2. The predicted molar refractivity (Wildman–Crippen MR) is 85.4 cm³/mol. The Kier molecular flexibility index (Phi) is 5.16. The highest BCUT2D eigenvalue weighted by Crippen LogP contribution is 2.16. The summed E-state index contributed by atoms with van der Waals surface area (Å²) < 4.78 is 6.46. The molecule has 0 spiro atoms. The summed E-state index contributed by atoms with van der Waals surface area (Å²) in [5, 5.41) is 10.1. The van der Waals surface area contributed by atoms with Gasteiger partial charge in [-0.1, -0.05) is 0 Å². The quantitative estimate of drug-likeness (QED) is 0.843. The lowest BCUT2D eigenvalue weighted by atomic mass is 10.3. The van der Waals surface area contributed by atoms with Crippen LogP contribution in [0.15, 0.2) is 12.3 Å². The third-order valence-electron chi connectivity index (χ3n) is 2.99. The van der Waals surface area contributed by atoms with E-state index in [4.69, 9.17) is 4.74 Å². The molecular formula is C14H22N6O2. The van der Waals surface area contributed by atoms with Gasteiger partial charge in [-0.25, -0.2) is 9.31 Å². The topological polar surface area (TPSA) is 83.8 Å². The Labute approximate surface area is 129 Å². The van der Waals surface area contributed by atoms with Gasteiger partial charge in [-0.15, -0.1) is 5.10 Å². The van der Waals surface area contributed by atoms with Crippen molar-refractivity contribution in [1.82, 2.24) is 19.5 Å². The standard InChI is InChI=1S/C14H22N6O2/c1-5-22-14(21)17-13-16-12-10(2)8-11(9-20(12)18-13)15-6-7-19(3)4/h8-9,15H,5-7H2,1-4H3,(H,17,18,21). The number of pyridine rings is 1.